The summed E-state index contributed by atoms with van der Waals surface area (Å²) in [5.74, 6) is -0.376. The van der Waals surface area contributed by atoms with E-state index in [9.17, 15) is 13.6 Å². The van der Waals surface area contributed by atoms with Crippen LogP contribution in [-0.2, 0) is 4.79 Å². The molecule has 1 aromatic rings. The van der Waals surface area contributed by atoms with Gasteiger partial charge in [0.05, 0.1) is 0 Å². The largest absolute Gasteiger partial charge is 0.353 e. The van der Waals surface area contributed by atoms with E-state index in [1.165, 1.54) is 0 Å². The molecular weight excluding hydrogens is 408 g/mol. The third-order valence-corrected chi connectivity index (χ3v) is 3.70. The normalized spacial score (nSPS) is 13.2. The summed E-state index contributed by atoms with van der Waals surface area (Å²) >= 11 is 5.63. The van der Waals surface area contributed by atoms with Gasteiger partial charge in [-0.1, -0.05) is 36.7 Å². The van der Waals surface area contributed by atoms with Gasteiger partial charge in [-0.15, -0.1) is 0 Å². The molecule has 1 N–H and O–H groups in total. The van der Waals surface area contributed by atoms with Crippen molar-refractivity contribution in [1.82, 2.24) is 0 Å². The number of benzene rings is 1. The minimum atomic E-state index is -3.31. The smallest absolute Gasteiger partial charge is 0.341 e. The second kappa shape index (κ2) is 6.57. The number of hydrogen-bond donors (Lipinski definition) is 1. The first-order valence-electron chi connectivity index (χ1n) is 6.28. The highest BCUT2D eigenvalue weighted by Crippen LogP contribution is 2.34. The summed E-state index contributed by atoms with van der Waals surface area (Å²) < 4.78 is 28.2. The second-order valence-corrected chi connectivity index (χ2v) is 7.67. The first kappa shape index (κ1) is 18.3. The van der Waals surface area contributed by atoms with E-state index in [2.05, 4.69) is 37.2 Å². The van der Waals surface area contributed by atoms with Crippen LogP contribution in [0.25, 0.3) is 0 Å². The van der Waals surface area contributed by atoms with Gasteiger partial charge in [-0.25, -0.2) is 0 Å². The van der Waals surface area contributed by atoms with Gasteiger partial charge in [-0.05, 0) is 46.6 Å². The van der Waals surface area contributed by atoms with Crippen molar-refractivity contribution in [2.45, 2.75) is 32.5 Å². The number of alkyl halides is 3. The molecule has 6 heteroatoms. The lowest BCUT2D eigenvalue weighted by Crippen LogP contribution is -2.24. The Morgan fingerprint density at radius 1 is 1.29 bits per heavy atom. The van der Waals surface area contributed by atoms with Crippen molar-refractivity contribution in [3.8, 4) is 0 Å². The molecule has 0 fully saturated rings. The van der Waals surface area contributed by atoms with Crippen molar-refractivity contribution >= 4 is 43.3 Å². The zero-order valence-corrected chi connectivity index (χ0v) is 15.4. The van der Waals surface area contributed by atoms with E-state index in [1.54, 1.807) is 45.9 Å². The Labute approximate surface area is 140 Å². The molecule has 0 atom stereocenters. The number of nitrogens with one attached hydrogen (secondary N) is 1. The minimum Gasteiger partial charge on any atom is -0.353 e. The number of carbonyl (C=O) groups excluding carboxylic acids is 1. The highest BCUT2D eigenvalue weighted by atomic mass is 79.9. The highest BCUT2D eigenvalue weighted by molar-refractivity contribution is 9.10. The lowest BCUT2D eigenvalue weighted by Gasteiger charge is -2.20. The fourth-order valence-electron chi connectivity index (χ4n) is 1.45. The molecule has 0 aliphatic rings. The van der Waals surface area contributed by atoms with Gasteiger partial charge >= 0.3 is 4.83 Å². The molecule has 0 heterocycles. The quantitative estimate of drug-likeness (QED) is 0.499. The topological polar surface area (TPSA) is 29.1 Å². The monoisotopic (exact) mass is 423 g/mol. The van der Waals surface area contributed by atoms with Gasteiger partial charge in [-0.3, -0.25) is 4.79 Å². The Morgan fingerprint density at radius 2 is 1.86 bits per heavy atom. The van der Waals surface area contributed by atoms with Crippen LogP contribution in [0.3, 0.4) is 0 Å². The van der Waals surface area contributed by atoms with E-state index in [0.29, 0.717) is 5.69 Å². The summed E-state index contributed by atoms with van der Waals surface area (Å²) in [5, 5.41) is 2.64. The molecule has 21 heavy (non-hydrogen) atoms. The van der Waals surface area contributed by atoms with Gasteiger partial charge in [0, 0.05) is 21.7 Å². The molecule has 0 aliphatic heterocycles. The maximum atomic E-state index is 13.7. The van der Waals surface area contributed by atoms with E-state index in [1.807, 2.05) is 0 Å². The van der Waals surface area contributed by atoms with E-state index >= 15 is 0 Å². The molecular formula is C15H17Br2F2NO. The molecule has 1 rings (SSSR count). The van der Waals surface area contributed by atoms with Crippen molar-refractivity contribution in [2.24, 2.45) is 5.41 Å². The van der Waals surface area contributed by atoms with Gasteiger partial charge in [0.15, 0.2) is 5.78 Å². The van der Waals surface area contributed by atoms with Crippen molar-refractivity contribution in [3.63, 3.8) is 0 Å². The van der Waals surface area contributed by atoms with Crippen LogP contribution in [0.2, 0.25) is 0 Å². The Hall–Kier alpha value is -0.750. The van der Waals surface area contributed by atoms with Crippen molar-refractivity contribution in [3.05, 3.63) is 40.0 Å². The van der Waals surface area contributed by atoms with Crippen LogP contribution in [0.1, 0.15) is 26.3 Å². The van der Waals surface area contributed by atoms with Gasteiger partial charge in [0.1, 0.15) is 5.70 Å². The SMILES string of the molecule is Cc1cc(Br)ccc1N/C(=C\C(=O)C(C)(C)C)C(F)(F)Br. The average molecular weight is 425 g/mol. The highest BCUT2D eigenvalue weighted by Gasteiger charge is 2.33. The summed E-state index contributed by atoms with van der Waals surface area (Å²) in [6.45, 7) is 6.84. The average Bonchev–Trinajstić information content (AvgIpc) is 2.28. The Balaban J connectivity index is 3.17. The first-order valence-corrected chi connectivity index (χ1v) is 7.86. The molecule has 0 aliphatic carbocycles. The fraction of sp³-hybridized carbons (Fsp3) is 0.400. The number of ketones is 1. The maximum Gasteiger partial charge on any atom is 0.341 e. The molecule has 0 saturated heterocycles. The number of aryl methyl sites for hydroxylation is 1. The van der Waals surface area contributed by atoms with Crippen molar-refractivity contribution < 1.29 is 13.6 Å². The van der Waals surface area contributed by atoms with E-state index in [0.717, 1.165) is 16.1 Å². The fourth-order valence-corrected chi connectivity index (χ4v) is 2.14. The lowest BCUT2D eigenvalue weighted by atomic mass is 9.90. The maximum absolute atomic E-state index is 13.7. The summed E-state index contributed by atoms with van der Waals surface area (Å²) in [4.78, 5) is 8.66. The number of allylic oxidation sites excluding steroid dienone is 2. The molecule has 0 radical (unpaired) electrons. The van der Waals surface area contributed by atoms with Crippen molar-refractivity contribution in [1.29, 1.82) is 0 Å². The molecule has 0 bridgehead atoms. The van der Waals surface area contributed by atoms with Crippen LogP contribution in [0, 0.1) is 12.3 Å². The van der Waals surface area contributed by atoms with Gasteiger partial charge < -0.3 is 5.32 Å². The van der Waals surface area contributed by atoms with Crippen LogP contribution >= 0.6 is 31.9 Å². The standard InChI is InChI=1S/C15H17Br2F2NO/c1-9-7-10(16)5-6-11(9)20-12(15(17,18)19)8-13(21)14(2,3)4/h5-8,20H,1-4H3/b12-8-. The van der Waals surface area contributed by atoms with E-state index in [4.69, 9.17) is 0 Å². The zero-order valence-electron chi connectivity index (χ0n) is 12.2. The van der Waals surface area contributed by atoms with Gasteiger partial charge in [0.25, 0.3) is 0 Å². The predicted molar refractivity (Wildman–Crippen MR) is 88.9 cm³/mol. The summed E-state index contributed by atoms with van der Waals surface area (Å²) in [7, 11) is 0. The van der Waals surface area contributed by atoms with Crippen LogP contribution < -0.4 is 5.32 Å². The van der Waals surface area contributed by atoms with Crippen LogP contribution in [-0.4, -0.2) is 10.6 Å². The second-order valence-electron chi connectivity index (χ2n) is 5.75. The van der Waals surface area contributed by atoms with Gasteiger partial charge in [0.2, 0.25) is 0 Å². The number of anilines is 1. The van der Waals surface area contributed by atoms with E-state index in [-0.39, 0.29) is 5.78 Å². The molecule has 1 aromatic carbocycles. The predicted octanol–water partition coefficient (Wildman–Crippen LogP) is 5.66. The minimum absolute atomic E-state index is 0.376. The molecule has 0 saturated carbocycles. The Bertz CT molecular complexity index is 572. The van der Waals surface area contributed by atoms with Crippen molar-refractivity contribution in [2.75, 3.05) is 5.32 Å². The van der Waals surface area contributed by atoms with E-state index < -0.39 is 15.9 Å². The zero-order chi connectivity index (χ0) is 16.4. The molecule has 0 amide bonds. The number of carbonyl (C=O) groups is 1. The van der Waals surface area contributed by atoms with Crippen LogP contribution in [0.15, 0.2) is 34.4 Å². The first-order chi connectivity index (χ1) is 9.41. The summed E-state index contributed by atoms with van der Waals surface area (Å²) in [6.07, 6.45) is 0.955. The molecule has 2 nitrogen and oxygen atoms in total. The van der Waals surface area contributed by atoms with Crippen LogP contribution in [0.4, 0.5) is 14.5 Å². The molecule has 0 aromatic heterocycles. The third-order valence-electron chi connectivity index (χ3n) is 2.78. The van der Waals surface area contributed by atoms with Crippen LogP contribution in [0.5, 0.6) is 0 Å². The molecule has 0 spiro atoms. The Kier molecular flexibility index (Phi) is 5.72. The third kappa shape index (κ3) is 5.51. The van der Waals surface area contributed by atoms with Gasteiger partial charge in [-0.2, -0.15) is 8.78 Å². The molecule has 116 valence electrons. The summed E-state index contributed by atoms with van der Waals surface area (Å²) in [6, 6.07) is 5.22. The lowest BCUT2D eigenvalue weighted by molar-refractivity contribution is -0.121. The Morgan fingerprint density at radius 3 is 2.29 bits per heavy atom. The molecule has 0 unspecified atom stereocenters. The number of halogens is 4. The summed E-state index contributed by atoms with van der Waals surface area (Å²) in [5.41, 5.74) is 0.105. The number of rotatable bonds is 4. The number of hydrogen-bond acceptors (Lipinski definition) is 2.